The Morgan fingerprint density at radius 3 is 2.90 bits per heavy atom. The normalized spacial score (nSPS) is 10.6. The number of hydrogen-bond donors (Lipinski definition) is 1. The van der Waals surface area contributed by atoms with Crippen molar-refractivity contribution in [1.82, 2.24) is 9.55 Å². The van der Waals surface area contributed by atoms with Crippen LogP contribution in [-0.2, 0) is 13.0 Å². The second kappa shape index (κ2) is 8.05. The number of aryl methyl sites for hydroxylation is 1. The van der Waals surface area contributed by atoms with Crippen LogP contribution in [0.2, 0.25) is 0 Å². The monoisotopic (exact) mass is 353 g/mol. The molecule has 5 nitrogen and oxygen atoms in total. The van der Waals surface area contributed by atoms with E-state index in [1.54, 1.807) is 19.6 Å². The van der Waals surface area contributed by atoms with Crippen LogP contribution >= 0.6 is 15.9 Å². The van der Waals surface area contributed by atoms with Gasteiger partial charge in [-0.3, -0.25) is 0 Å². The lowest BCUT2D eigenvalue weighted by atomic mass is 10.1. The summed E-state index contributed by atoms with van der Waals surface area (Å²) in [6.45, 7) is 2.11. The summed E-state index contributed by atoms with van der Waals surface area (Å²) in [5.74, 6) is 1.47. The molecule has 114 valence electrons. The Morgan fingerprint density at radius 2 is 2.24 bits per heavy atom. The Bertz CT molecular complexity index is 558. The standard InChI is InChI=1S/C15H20BrN3O2/c1-20-14-10-12(3-4-17)9-13(16)15(14)21-8-2-6-19-7-5-18-11-19/h5,7,9-11H,2-4,6,8,17H2,1H3. The summed E-state index contributed by atoms with van der Waals surface area (Å²) in [4.78, 5) is 4.01. The smallest absolute Gasteiger partial charge is 0.175 e. The Morgan fingerprint density at radius 1 is 1.38 bits per heavy atom. The molecular weight excluding hydrogens is 334 g/mol. The third kappa shape index (κ3) is 4.47. The van der Waals surface area contributed by atoms with Crippen LogP contribution in [0.4, 0.5) is 0 Å². The first-order valence-electron chi connectivity index (χ1n) is 6.89. The Labute approximate surface area is 133 Å². The van der Waals surface area contributed by atoms with Crippen molar-refractivity contribution in [2.75, 3.05) is 20.3 Å². The SMILES string of the molecule is COc1cc(CCN)cc(Br)c1OCCCn1ccnc1. The van der Waals surface area contributed by atoms with Gasteiger partial charge < -0.3 is 19.8 Å². The Hall–Kier alpha value is -1.53. The number of aromatic nitrogens is 2. The van der Waals surface area contributed by atoms with Gasteiger partial charge in [0.1, 0.15) is 0 Å². The molecule has 1 aromatic heterocycles. The van der Waals surface area contributed by atoms with E-state index in [0.29, 0.717) is 13.2 Å². The van der Waals surface area contributed by atoms with E-state index < -0.39 is 0 Å². The van der Waals surface area contributed by atoms with Crippen molar-refractivity contribution in [3.05, 3.63) is 40.9 Å². The molecule has 0 fully saturated rings. The number of ether oxygens (including phenoxy) is 2. The lowest BCUT2D eigenvalue weighted by molar-refractivity contribution is 0.280. The van der Waals surface area contributed by atoms with Crippen LogP contribution in [0.1, 0.15) is 12.0 Å². The van der Waals surface area contributed by atoms with Crippen molar-refractivity contribution in [2.45, 2.75) is 19.4 Å². The van der Waals surface area contributed by atoms with E-state index in [9.17, 15) is 0 Å². The quantitative estimate of drug-likeness (QED) is 0.741. The number of benzene rings is 1. The van der Waals surface area contributed by atoms with Gasteiger partial charge in [-0.25, -0.2) is 4.98 Å². The molecular formula is C15H20BrN3O2. The van der Waals surface area contributed by atoms with Gasteiger partial charge in [-0.15, -0.1) is 0 Å². The Balaban J connectivity index is 1.95. The summed E-state index contributed by atoms with van der Waals surface area (Å²) in [6.07, 6.45) is 7.24. The fourth-order valence-electron chi connectivity index (χ4n) is 2.06. The van der Waals surface area contributed by atoms with Crippen molar-refractivity contribution in [2.24, 2.45) is 5.73 Å². The van der Waals surface area contributed by atoms with E-state index in [4.69, 9.17) is 15.2 Å². The van der Waals surface area contributed by atoms with Crippen LogP contribution < -0.4 is 15.2 Å². The lowest BCUT2D eigenvalue weighted by Crippen LogP contribution is -2.06. The summed E-state index contributed by atoms with van der Waals surface area (Å²) < 4.78 is 14.2. The third-order valence-electron chi connectivity index (χ3n) is 3.09. The zero-order valence-electron chi connectivity index (χ0n) is 12.1. The van der Waals surface area contributed by atoms with Gasteiger partial charge in [0.15, 0.2) is 11.5 Å². The predicted molar refractivity (Wildman–Crippen MR) is 85.8 cm³/mol. The lowest BCUT2D eigenvalue weighted by Gasteiger charge is -2.14. The molecule has 2 aromatic rings. The Kier molecular flexibility index (Phi) is 6.07. The van der Waals surface area contributed by atoms with E-state index in [1.165, 1.54) is 0 Å². The molecule has 1 heterocycles. The molecule has 0 saturated carbocycles. The van der Waals surface area contributed by atoms with E-state index in [-0.39, 0.29) is 0 Å². The topological polar surface area (TPSA) is 62.3 Å². The van der Waals surface area contributed by atoms with E-state index in [2.05, 4.69) is 20.9 Å². The van der Waals surface area contributed by atoms with Gasteiger partial charge in [0.25, 0.3) is 0 Å². The minimum absolute atomic E-state index is 0.612. The first-order valence-corrected chi connectivity index (χ1v) is 7.69. The number of methoxy groups -OCH3 is 1. The van der Waals surface area contributed by atoms with Crippen molar-refractivity contribution < 1.29 is 9.47 Å². The van der Waals surface area contributed by atoms with Crippen molar-refractivity contribution in [1.29, 1.82) is 0 Å². The van der Waals surface area contributed by atoms with Gasteiger partial charge in [0, 0.05) is 18.9 Å². The summed E-state index contributed by atoms with van der Waals surface area (Å²) in [5, 5.41) is 0. The molecule has 0 aliphatic heterocycles. The summed E-state index contributed by atoms with van der Waals surface area (Å²) in [6, 6.07) is 4.00. The fraction of sp³-hybridized carbons (Fsp3) is 0.400. The first-order chi connectivity index (χ1) is 10.2. The zero-order valence-corrected chi connectivity index (χ0v) is 13.7. The van der Waals surface area contributed by atoms with Crippen LogP contribution in [0, 0.1) is 0 Å². The number of rotatable bonds is 8. The van der Waals surface area contributed by atoms with Gasteiger partial charge in [-0.2, -0.15) is 0 Å². The number of halogens is 1. The number of nitrogens with zero attached hydrogens (tertiary/aromatic N) is 2. The molecule has 0 aliphatic rings. The molecule has 0 spiro atoms. The van der Waals surface area contributed by atoms with Crippen molar-refractivity contribution >= 4 is 15.9 Å². The molecule has 21 heavy (non-hydrogen) atoms. The van der Waals surface area contributed by atoms with Crippen LogP contribution in [0.15, 0.2) is 35.3 Å². The van der Waals surface area contributed by atoms with Crippen LogP contribution in [0.5, 0.6) is 11.5 Å². The molecule has 0 unspecified atom stereocenters. The van der Waals surface area contributed by atoms with Gasteiger partial charge in [-0.05, 0) is 53.0 Å². The van der Waals surface area contributed by atoms with Crippen LogP contribution in [0.3, 0.4) is 0 Å². The summed E-state index contributed by atoms with van der Waals surface area (Å²) >= 11 is 3.54. The molecule has 0 atom stereocenters. The minimum atomic E-state index is 0.612. The highest BCUT2D eigenvalue weighted by molar-refractivity contribution is 9.10. The average molecular weight is 354 g/mol. The number of nitrogens with two attached hydrogens (primary N) is 1. The third-order valence-corrected chi connectivity index (χ3v) is 3.68. The highest BCUT2D eigenvalue weighted by Gasteiger charge is 2.11. The van der Waals surface area contributed by atoms with Gasteiger partial charge in [0.05, 0.1) is 24.5 Å². The maximum absolute atomic E-state index is 5.85. The van der Waals surface area contributed by atoms with Gasteiger partial charge >= 0.3 is 0 Å². The maximum Gasteiger partial charge on any atom is 0.175 e. The fourth-order valence-corrected chi connectivity index (χ4v) is 2.67. The molecule has 1 aromatic carbocycles. The molecule has 0 bridgehead atoms. The molecule has 0 radical (unpaired) electrons. The second-order valence-corrected chi connectivity index (χ2v) is 5.50. The zero-order chi connectivity index (χ0) is 15.1. The van der Waals surface area contributed by atoms with Crippen LogP contribution in [0.25, 0.3) is 0 Å². The summed E-state index contributed by atoms with van der Waals surface area (Å²) in [5.41, 5.74) is 6.72. The van der Waals surface area contributed by atoms with Gasteiger partial charge in [0.2, 0.25) is 0 Å². The molecule has 0 amide bonds. The predicted octanol–water partition coefficient (Wildman–Crippen LogP) is 2.62. The van der Waals surface area contributed by atoms with E-state index in [1.807, 2.05) is 22.9 Å². The molecule has 0 aliphatic carbocycles. The number of hydrogen-bond acceptors (Lipinski definition) is 4. The average Bonchev–Trinajstić information content (AvgIpc) is 2.98. The van der Waals surface area contributed by atoms with E-state index in [0.717, 1.165) is 40.9 Å². The van der Waals surface area contributed by atoms with Crippen molar-refractivity contribution in [3.63, 3.8) is 0 Å². The summed E-state index contributed by atoms with van der Waals surface area (Å²) in [7, 11) is 1.65. The molecule has 2 rings (SSSR count). The van der Waals surface area contributed by atoms with E-state index >= 15 is 0 Å². The highest BCUT2D eigenvalue weighted by atomic mass is 79.9. The molecule has 2 N–H and O–H groups in total. The van der Waals surface area contributed by atoms with Gasteiger partial charge in [-0.1, -0.05) is 0 Å². The molecule has 0 saturated heterocycles. The largest absolute Gasteiger partial charge is 0.493 e. The number of imidazole rings is 1. The van der Waals surface area contributed by atoms with Crippen LogP contribution in [-0.4, -0.2) is 29.8 Å². The minimum Gasteiger partial charge on any atom is -0.493 e. The maximum atomic E-state index is 5.85. The van der Waals surface area contributed by atoms with Crippen molar-refractivity contribution in [3.8, 4) is 11.5 Å². The highest BCUT2D eigenvalue weighted by Crippen LogP contribution is 2.36. The molecule has 6 heteroatoms. The second-order valence-electron chi connectivity index (χ2n) is 4.65. The first kappa shape index (κ1) is 15.9.